The lowest BCUT2D eigenvalue weighted by Gasteiger charge is -2.28. The fraction of sp³-hybridized carbons (Fsp3) is 0.938. The Bertz CT molecular complexity index is 277. The van der Waals surface area contributed by atoms with Gasteiger partial charge in [-0.1, -0.05) is 26.2 Å². The Morgan fingerprint density at radius 1 is 1.25 bits per heavy atom. The van der Waals surface area contributed by atoms with E-state index in [1.165, 1.54) is 32.1 Å². The van der Waals surface area contributed by atoms with Gasteiger partial charge in [0.05, 0.1) is 12.7 Å². The topological polar surface area (TPSA) is 47.6 Å². The summed E-state index contributed by atoms with van der Waals surface area (Å²) in [4.78, 5) is 12.0. The number of likely N-dealkylation sites (N-methyl/N-ethyl adjacent to an activating group) is 1. The molecule has 1 unspecified atom stereocenters. The highest BCUT2D eigenvalue weighted by molar-refractivity contribution is 5.80. The third kappa shape index (κ3) is 5.80. The van der Waals surface area contributed by atoms with Crippen molar-refractivity contribution in [3.8, 4) is 0 Å². The van der Waals surface area contributed by atoms with Crippen molar-refractivity contribution < 1.29 is 14.3 Å². The second-order valence-corrected chi connectivity index (χ2v) is 5.82. The maximum Gasteiger partial charge on any atom is 0.326 e. The maximum absolute atomic E-state index is 12.0. The number of ether oxygens (including phenoxy) is 2. The molecule has 1 aliphatic carbocycles. The number of hydrogen-bond acceptors (Lipinski definition) is 4. The van der Waals surface area contributed by atoms with Gasteiger partial charge in [-0.15, -0.1) is 0 Å². The van der Waals surface area contributed by atoms with Gasteiger partial charge in [-0.05, 0) is 46.1 Å². The lowest BCUT2D eigenvalue weighted by atomic mass is 9.95. The highest BCUT2D eigenvalue weighted by atomic mass is 16.5. The molecule has 0 heterocycles. The van der Waals surface area contributed by atoms with Crippen molar-refractivity contribution in [2.75, 3.05) is 19.8 Å². The van der Waals surface area contributed by atoms with E-state index in [0.717, 1.165) is 26.0 Å². The largest absolute Gasteiger partial charge is 0.465 e. The molecule has 0 amide bonds. The van der Waals surface area contributed by atoms with E-state index in [-0.39, 0.29) is 5.97 Å². The fourth-order valence-corrected chi connectivity index (χ4v) is 2.85. The summed E-state index contributed by atoms with van der Waals surface area (Å²) >= 11 is 0. The Kier molecular flexibility index (Phi) is 8.15. The first-order valence-corrected chi connectivity index (χ1v) is 8.16. The molecule has 4 nitrogen and oxygen atoms in total. The van der Waals surface area contributed by atoms with Crippen molar-refractivity contribution in [2.24, 2.45) is 0 Å². The molecule has 0 aromatic carbocycles. The van der Waals surface area contributed by atoms with E-state index < -0.39 is 5.54 Å². The van der Waals surface area contributed by atoms with Crippen LogP contribution in [0.25, 0.3) is 0 Å². The molecule has 1 saturated carbocycles. The standard InChI is InChI=1S/C16H31NO3/c1-4-17-16(3,15(18)19-5-2)12-9-13-20-14-10-7-6-8-11-14/h14,17H,4-13H2,1-3H3. The number of carbonyl (C=O) groups excluding carboxylic acids is 1. The third-order valence-corrected chi connectivity index (χ3v) is 4.02. The van der Waals surface area contributed by atoms with Gasteiger partial charge in [0.25, 0.3) is 0 Å². The first-order valence-electron chi connectivity index (χ1n) is 8.16. The van der Waals surface area contributed by atoms with Gasteiger partial charge < -0.3 is 14.8 Å². The molecule has 1 rings (SSSR count). The van der Waals surface area contributed by atoms with Crippen molar-refractivity contribution in [3.63, 3.8) is 0 Å². The molecule has 0 spiro atoms. The lowest BCUT2D eigenvalue weighted by molar-refractivity contribution is -0.151. The first-order chi connectivity index (χ1) is 9.62. The Morgan fingerprint density at radius 3 is 2.55 bits per heavy atom. The zero-order valence-electron chi connectivity index (χ0n) is 13.4. The number of hydrogen-bond donors (Lipinski definition) is 1. The molecule has 0 radical (unpaired) electrons. The number of nitrogens with one attached hydrogen (secondary N) is 1. The van der Waals surface area contributed by atoms with E-state index in [9.17, 15) is 4.79 Å². The van der Waals surface area contributed by atoms with Gasteiger partial charge in [-0.3, -0.25) is 4.79 Å². The van der Waals surface area contributed by atoms with Crippen LogP contribution in [0.3, 0.4) is 0 Å². The van der Waals surface area contributed by atoms with Gasteiger partial charge >= 0.3 is 5.97 Å². The van der Waals surface area contributed by atoms with Crippen LogP contribution in [-0.2, 0) is 14.3 Å². The van der Waals surface area contributed by atoms with Gasteiger partial charge in [0.1, 0.15) is 5.54 Å². The van der Waals surface area contributed by atoms with Crippen molar-refractivity contribution in [3.05, 3.63) is 0 Å². The second kappa shape index (κ2) is 9.35. The van der Waals surface area contributed by atoms with Crippen LogP contribution in [0.1, 0.15) is 65.7 Å². The highest BCUT2D eigenvalue weighted by Crippen LogP contribution is 2.21. The monoisotopic (exact) mass is 285 g/mol. The Morgan fingerprint density at radius 2 is 1.95 bits per heavy atom. The first kappa shape index (κ1) is 17.4. The summed E-state index contributed by atoms with van der Waals surface area (Å²) in [6.45, 7) is 7.71. The minimum absolute atomic E-state index is 0.153. The molecule has 1 N–H and O–H groups in total. The molecule has 1 atom stereocenters. The van der Waals surface area contributed by atoms with E-state index in [2.05, 4.69) is 5.32 Å². The molecule has 4 heteroatoms. The molecule has 1 fully saturated rings. The van der Waals surface area contributed by atoms with Crippen molar-refractivity contribution >= 4 is 5.97 Å². The smallest absolute Gasteiger partial charge is 0.326 e. The van der Waals surface area contributed by atoms with Gasteiger partial charge in [-0.25, -0.2) is 0 Å². The number of carbonyl (C=O) groups is 1. The van der Waals surface area contributed by atoms with Gasteiger partial charge in [0.15, 0.2) is 0 Å². The quantitative estimate of drug-likeness (QED) is 0.522. The molecule has 118 valence electrons. The normalized spacial score (nSPS) is 19.6. The molecule has 0 aromatic heterocycles. The van der Waals surface area contributed by atoms with E-state index in [0.29, 0.717) is 12.7 Å². The van der Waals surface area contributed by atoms with Crippen LogP contribution in [0.15, 0.2) is 0 Å². The summed E-state index contributed by atoms with van der Waals surface area (Å²) < 4.78 is 11.1. The minimum atomic E-state index is -0.583. The maximum atomic E-state index is 12.0. The van der Waals surface area contributed by atoms with Crippen molar-refractivity contribution in [1.82, 2.24) is 5.32 Å². The molecule has 0 aromatic rings. The van der Waals surface area contributed by atoms with Crippen molar-refractivity contribution in [2.45, 2.75) is 77.4 Å². The van der Waals surface area contributed by atoms with Crippen LogP contribution in [0, 0.1) is 0 Å². The van der Waals surface area contributed by atoms with E-state index in [4.69, 9.17) is 9.47 Å². The number of esters is 1. The van der Waals surface area contributed by atoms with E-state index >= 15 is 0 Å². The SMILES string of the molecule is CCNC(C)(CCCOC1CCCCC1)C(=O)OCC. The second-order valence-electron chi connectivity index (χ2n) is 5.82. The predicted molar refractivity (Wildman–Crippen MR) is 80.8 cm³/mol. The van der Waals surface area contributed by atoms with Gasteiger partial charge in [0.2, 0.25) is 0 Å². The van der Waals surface area contributed by atoms with Crippen LogP contribution in [0.5, 0.6) is 0 Å². The van der Waals surface area contributed by atoms with Crippen LogP contribution in [0.2, 0.25) is 0 Å². The summed E-state index contributed by atoms with van der Waals surface area (Å²) in [6.07, 6.45) is 8.42. The minimum Gasteiger partial charge on any atom is -0.465 e. The molecule has 0 bridgehead atoms. The fourth-order valence-electron chi connectivity index (χ4n) is 2.85. The molecule has 0 aliphatic heterocycles. The number of rotatable bonds is 9. The Balaban J connectivity index is 2.28. The van der Waals surface area contributed by atoms with E-state index in [1.807, 2.05) is 20.8 Å². The van der Waals surface area contributed by atoms with Crippen molar-refractivity contribution in [1.29, 1.82) is 0 Å². The Hall–Kier alpha value is -0.610. The average molecular weight is 285 g/mol. The highest BCUT2D eigenvalue weighted by Gasteiger charge is 2.33. The molecule has 0 saturated heterocycles. The van der Waals surface area contributed by atoms with Crippen LogP contribution in [0.4, 0.5) is 0 Å². The van der Waals surface area contributed by atoms with E-state index in [1.54, 1.807) is 0 Å². The Labute approximate surface area is 123 Å². The average Bonchev–Trinajstić information content (AvgIpc) is 2.45. The summed E-state index contributed by atoms with van der Waals surface area (Å²) in [7, 11) is 0. The lowest BCUT2D eigenvalue weighted by Crippen LogP contribution is -2.50. The van der Waals surface area contributed by atoms with Gasteiger partial charge in [-0.2, -0.15) is 0 Å². The molecular weight excluding hydrogens is 254 g/mol. The summed E-state index contributed by atoms with van der Waals surface area (Å²) in [5.41, 5.74) is -0.583. The third-order valence-electron chi connectivity index (χ3n) is 4.02. The summed E-state index contributed by atoms with van der Waals surface area (Å²) in [5.74, 6) is -0.153. The van der Waals surface area contributed by atoms with Crippen LogP contribution in [-0.4, -0.2) is 37.4 Å². The van der Waals surface area contributed by atoms with Crippen LogP contribution < -0.4 is 5.32 Å². The zero-order chi connectivity index (χ0) is 14.8. The molecular formula is C16H31NO3. The molecule has 1 aliphatic rings. The summed E-state index contributed by atoms with van der Waals surface area (Å²) in [6, 6.07) is 0. The zero-order valence-corrected chi connectivity index (χ0v) is 13.4. The van der Waals surface area contributed by atoms with Gasteiger partial charge in [0, 0.05) is 6.61 Å². The predicted octanol–water partition coefficient (Wildman–Crippen LogP) is 3.05. The molecule has 20 heavy (non-hydrogen) atoms. The summed E-state index contributed by atoms with van der Waals surface area (Å²) in [5, 5.41) is 3.25. The van der Waals surface area contributed by atoms with Crippen LogP contribution >= 0.6 is 0 Å².